The predicted molar refractivity (Wildman–Crippen MR) is 47.0 cm³/mol. The average molecular weight is 239 g/mol. The van der Waals surface area contributed by atoms with Crippen LogP contribution in [-0.4, -0.2) is 22.7 Å². The number of hydrogen-bond donors (Lipinski definition) is 3. The first-order chi connectivity index (χ1) is 7.31. The van der Waals surface area contributed by atoms with E-state index in [1.807, 2.05) is 0 Å². The van der Waals surface area contributed by atoms with E-state index in [1.165, 1.54) is 0 Å². The molecule has 90 valence electrons. The van der Waals surface area contributed by atoms with E-state index < -0.39 is 41.5 Å². The second-order valence-electron chi connectivity index (χ2n) is 3.19. The lowest BCUT2D eigenvalue weighted by atomic mass is 10.00. The highest BCUT2D eigenvalue weighted by molar-refractivity contribution is 5.38. The predicted octanol–water partition coefficient (Wildman–Crippen LogP) is 1.30. The van der Waals surface area contributed by atoms with Crippen molar-refractivity contribution < 1.29 is 27.8 Å². The number of alkyl halides is 2. The molecule has 4 N–H and O–H groups in total. The monoisotopic (exact) mass is 239 g/mol. The van der Waals surface area contributed by atoms with Crippen LogP contribution in [0.4, 0.5) is 17.6 Å². The summed E-state index contributed by atoms with van der Waals surface area (Å²) in [7, 11) is 0. The molecule has 0 amide bonds. The van der Waals surface area contributed by atoms with Gasteiger partial charge in [-0.25, -0.2) is 17.6 Å². The van der Waals surface area contributed by atoms with Crippen molar-refractivity contribution in [3.63, 3.8) is 0 Å². The molecule has 0 aliphatic heterocycles. The lowest BCUT2D eigenvalue weighted by Gasteiger charge is -2.22. The smallest absolute Gasteiger partial charge is 0.289 e. The molecule has 0 fully saturated rings. The van der Waals surface area contributed by atoms with E-state index in [-0.39, 0.29) is 0 Å². The van der Waals surface area contributed by atoms with Crippen molar-refractivity contribution >= 4 is 0 Å². The van der Waals surface area contributed by atoms with Crippen LogP contribution in [0.1, 0.15) is 11.6 Å². The molecule has 0 aliphatic rings. The first-order valence-electron chi connectivity index (χ1n) is 4.22. The quantitative estimate of drug-likeness (QED) is 0.696. The zero-order chi connectivity index (χ0) is 12.5. The van der Waals surface area contributed by atoms with Crippen LogP contribution < -0.4 is 5.73 Å². The maximum absolute atomic E-state index is 13.1. The zero-order valence-corrected chi connectivity index (χ0v) is 7.92. The Kier molecular flexibility index (Phi) is 3.39. The van der Waals surface area contributed by atoms with Gasteiger partial charge in [-0.3, -0.25) is 0 Å². The number of aliphatic hydroxyl groups excluding tert-OH is 1. The van der Waals surface area contributed by atoms with E-state index in [2.05, 4.69) is 0 Å². The number of aromatic hydroxyl groups is 1. The van der Waals surface area contributed by atoms with Crippen LogP contribution >= 0.6 is 0 Å². The molecule has 1 atom stereocenters. The summed E-state index contributed by atoms with van der Waals surface area (Å²) in [5, 5.41) is 17.4. The third kappa shape index (κ3) is 2.10. The summed E-state index contributed by atoms with van der Waals surface area (Å²) >= 11 is 0. The van der Waals surface area contributed by atoms with Gasteiger partial charge < -0.3 is 15.9 Å². The van der Waals surface area contributed by atoms with Gasteiger partial charge in [-0.2, -0.15) is 0 Å². The number of halogens is 4. The van der Waals surface area contributed by atoms with Crippen LogP contribution in [0, 0.1) is 11.6 Å². The van der Waals surface area contributed by atoms with Gasteiger partial charge in [0.1, 0.15) is 18.5 Å². The highest BCUT2D eigenvalue weighted by Crippen LogP contribution is 2.36. The molecule has 1 aromatic rings. The molecule has 0 saturated carbocycles. The molecular weight excluding hydrogens is 230 g/mol. The fraction of sp³-hybridized carbons (Fsp3) is 0.333. The SMILES string of the molecule is N[C@H](c1c(F)ccc(F)c1O)C(F)(F)CO. The lowest BCUT2D eigenvalue weighted by Crippen LogP contribution is -2.37. The van der Waals surface area contributed by atoms with Gasteiger partial charge in [0, 0.05) is 0 Å². The Morgan fingerprint density at radius 2 is 1.75 bits per heavy atom. The van der Waals surface area contributed by atoms with Crippen LogP contribution in [-0.2, 0) is 0 Å². The molecule has 0 heterocycles. The normalized spacial score (nSPS) is 13.9. The molecule has 0 spiro atoms. The maximum Gasteiger partial charge on any atom is 0.289 e. The second-order valence-corrected chi connectivity index (χ2v) is 3.19. The van der Waals surface area contributed by atoms with Crippen LogP contribution in [0.2, 0.25) is 0 Å². The maximum atomic E-state index is 13.1. The number of phenols is 1. The van der Waals surface area contributed by atoms with Crippen molar-refractivity contribution in [3.8, 4) is 5.75 Å². The molecule has 3 nitrogen and oxygen atoms in total. The van der Waals surface area contributed by atoms with E-state index >= 15 is 0 Å². The molecule has 0 aromatic heterocycles. The second kappa shape index (κ2) is 4.26. The average Bonchev–Trinajstić information content (AvgIpc) is 2.24. The van der Waals surface area contributed by atoms with Crippen molar-refractivity contribution in [3.05, 3.63) is 29.3 Å². The van der Waals surface area contributed by atoms with Gasteiger partial charge in [0.15, 0.2) is 11.6 Å². The number of phenolic OH excluding ortho intramolecular Hbond substituents is 1. The topological polar surface area (TPSA) is 66.5 Å². The van der Waals surface area contributed by atoms with Gasteiger partial charge in [0.05, 0.1) is 5.56 Å². The van der Waals surface area contributed by atoms with Crippen molar-refractivity contribution in [2.75, 3.05) is 6.61 Å². The molecule has 0 saturated heterocycles. The van der Waals surface area contributed by atoms with Gasteiger partial charge in [-0.1, -0.05) is 0 Å². The van der Waals surface area contributed by atoms with Crippen LogP contribution in [0.15, 0.2) is 12.1 Å². The molecule has 1 aromatic carbocycles. The summed E-state index contributed by atoms with van der Waals surface area (Å²) in [5.41, 5.74) is 3.92. The summed E-state index contributed by atoms with van der Waals surface area (Å²) < 4.78 is 51.9. The summed E-state index contributed by atoms with van der Waals surface area (Å²) in [6.07, 6.45) is 0. The molecule has 1 rings (SSSR count). The Bertz CT molecular complexity index is 397. The van der Waals surface area contributed by atoms with E-state index in [0.717, 1.165) is 0 Å². The number of aliphatic hydroxyl groups is 1. The van der Waals surface area contributed by atoms with Gasteiger partial charge in [-0.05, 0) is 12.1 Å². The van der Waals surface area contributed by atoms with E-state index in [1.54, 1.807) is 0 Å². The summed E-state index contributed by atoms with van der Waals surface area (Å²) in [6.45, 7) is -1.64. The number of benzene rings is 1. The van der Waals surface area contributed by atoms with Crippen molar-refractivity contribution in [2.45, 2.75) is 12.0 Å². The van der Waals surface area contributed by atoms with Gasteiger partial charge >= 0.3 is 0 Å². The van der Waals surface area contributed by atoms with Gasteiger partial charge in [0.25, 0.3) is 5.92 Å². The molecule has 16 heavy (non-hydrogen) atoms. The van der Waals surface area contributed by atoms with Crippen molar-refractivity contribution in [1.29, 1.82) is 0 Å². The Balaban J connectivity index is 3.28. The Morgan fingerprint density at radius 1 is 1.25 bits per heavy atom. The minimum absolute atomic E-state index is 0.567. The van der Waals surface area contributed by atoms with Crippen LogP contribution in [0.25, 0.3) is 0 Å². The minimum atomic E-state index is -3.86. The Hall–Kier alpha value is -1.34. The zero-order valence-electron chi connectivity index (χ0n) is 7.92. The number of nitrogens with two attached hydrogens (primary N) is 1. The summed E-state index contributed by atoms with van der Waals surface area (Å²) in [4.78, 5) is 0. The Morgan fingerprint density at radius 3 is 2.25 bits per heavy atom. The van der Waals surface area contributed by atoms with Gasteiger partial charge in [-0.15, -0.1) is 0 Å². The number of rotatable bonds is 3. The molecule has 0 radical (unpaired) electrons. The molecule has 0 bridgehead atoms. The minimum Gasteiger partial charge on any atom is -0.505 e. The van der Waals surface area contributed by atoms with Crippen LogP contribution in [0.3, 0.4) is 0 Å². The Labute approximate surface area is 88.1 Å². The van der Waals surface area contributed by atoms with E-state index in [0.29, 0.717) is 12.1 Å². The lowest BCUT2D eigenvalue weighted by molar-refractivity contribution is -0.0723. The molecule has 7 heteroatoms. The fourth-order valence-corrected chi connectivity index (χ4v) is 1.16. The first kappa shape index (κ1) is 12.7. The van der Waals surface area contributed by atoms with Crippen LogP contribution in [0.5, 0.6) is 5.75 Å². The highest BCUT2D eigenvalue weighted by Gasteiger charge is 2.40. The third-order valence-electron chi connectivity index (χ3n) is 2.09. The third-order valence-corrected chi connectivity index (χ3v) is 2.09. The molecule has 0 aliphatic carbocycles. The fourth-order valence-electron chi connectivity index (χ4n) is 1.16. The molecule has 0 unspecified atom stereocenters. The largest absolute Gasteiger partial charge is 0.505 e. The van der Waals surface area contributed by atoms with Gasteiger partial charge in [0.2, 0.25) is 0 Å². The first-order valence-corrected chi connectivity index (χ1v) is 4.22. The number of hydrogen-bond acceptors (Lipinski definition) is 3. The van der Waals surface area contributed by atoms with Crippen molar-refractivity contribution in [1.82, 2.24) is 0 Å². The van der Waals surface area contributed by atoms with Crippen molar-refractivity contribution in [2.24, 2.45) is 5.73 Å². The van der Waals surface area contributed by atoms with E-state index in [4.69, 9.17) is 15.9 Å². The summed E-state index contributed by atoms with van der Waals surface area (Å²) in [5.74, 6) is -7.66. The van der Waals surface area contributed by atoms with E-state index in [9.17, 15) is 17.6 Å². The standard InChI is InChI=1S/C9H9F4NO2/c10-4-1-2-5(11)7(16)6(4)8(14)9(12,13)3-15/h1-2,8,15-16H,3,14H2/t8-/m1/s1. The summed E-state index contributed by atoms with van der Waals surface area (Å²) in [6, 6.07) is -1.18. The molecular formula is C9H9F4NO2. The highest BCUT2D eigenvalue weighted by atomic mass is 19.3.